The maximum Gasteiger partial charge on any atom is 0.259 e. The number of likely N-dealkylation sites (N-methyl/N-ethyl adjacent to an activating group) is 1. The lowest BCUT2D eigenvalue weighted by Crippen LogP contribution is -2.38. The lowest BCUT2D eigenvalue weighted by atomic mass is 10.2. The van der Waals surface area contributed by atoms with E-state index < -0.39 is 0 Å². The molecule has 0 atom stereocenters. The Hall–Kier alpha value is -2.48. The average molecular weight is 437 g/mol. The van der Waals surface area contributed by atoms with Crippen LogP contribution >= 0.6 is 15.9 Å². The van der Waals surface area contributed by atoms with Gasteiger partial charge in [-0.3, -0.25) is 9.59 Å². The van der Waals surface area contributed by atoms with Crippen LogP contribution in [0.1, 0.15) is 28.8 Å². The topological polar surface area (TPSA) is 81.0 Å². The molecule has 1 N–H and O–H groups in total. The minimum atomic E-state index is -0.295. The zero-order chi connectivity index (χ0) is 19.6. The van der Waals surface area contributed by atoms with Gasteiger partial charge in [0.05, 0.1) is 10.0 Å². The Morgan fingerprint density at radius 3 is 2.48 bits per heavy atom. The number of aryl methyl sites for hydroxylation is 2. The Morgan fingerprint density at radius 2 is 1.85 bits per heavy atom. The molecule has 1 aliphatic heterocycles. The number of benzene rings is 1. The van der Waals surface area contributed by atoms with Gasteiger partial charge in [-0.15, -0.1) is 0 Å². The molecule has 144 valence electrons. The zero-order valence-electron chi connectivity index (χ0n) is 15.4. The lowest BCUT2D eigenvalue weighted by molar-refractivity contribution is -0.116. The Kier molecular flexibility index (Phi) is 5.74. The van der Waals surface area contributed by atoms with Gasteiger partial charge in [0.1, 0.15) is 31.3 Å². The van der Waals surface area contributed by atoms with Crippen LogP contribution in [0, 0.1) is 13.8 Å². The minimum Gasteiger partial charge on any atom is -0.486 e. The van der Waals surface area contributed by atoms with E-state index >= 15 is 0 Å². The molecule has 0 radical (unpaired) electrons. The van der Waals surface area contributed by atoms with E-state index in [4.69, 9.17) is 13.9 Å². The van der Waals surface area contributed by atoms with Crippen molar-refractivity contribution >= 4 is 33.4 Å². The first-order valence-electron chi connectivity index (χ1n) is 8.65. The summed E-state index contributed by atoms with van der Waals surface area (Å²) in [7, 11) is 0. The summed E-state index contributed by atoms with van der Waals surface area (Å²) in [6.07, 6.45) is 0. The normalized spacial score (nSPS) is 12.6. The highest BCUT2D eigenvalue weighted by molar-refractivity contribution is 9.10. The third-order valence-corrected chi connectivity index (χ3v) is 5.18. The minimum absolute atomic E-state index is 0.0696. The highest BCUT2D eigenvalue weighted by Gasteiger charge is 2.25. The fraction of sp³-hybridized carbons (Fsp3) is 0.368. The van der Waals surface area contributed by atoms with Gasteiger partial charge in [-0.25, -0.2) is 0 Å². The van der Waals surface area contributed by atoms with Gasteiger partial charge in [0.15, 0.2) is 11.5 Å². The second-order valence-electron chi connectivity index (χ2n) is 6.13. The van der Waals surface area contributed by atoms with E-state index in [1.54, 1.807) is 32.0 Å². The maximum atomic E-state index is 12.8. The van der Waals surface area contributed by atoms with Crippen LogP contribution in [0.5, 0.6) is 11.5 Å². The summed E-state index contributed by atoms with van der Waals surface area (Å²) < 4.78 is 17.1. The van der Waals surface area contributed by atoms with E-state index in [2.05, 4.69) is 21.2 Å². The number of hydrogen-bond donors (Lipinski definition) is 1. The number of hydrogen-bond acceptors (Lipinski definition) is 5. The number of amides is 2. The van der Waals surface area contributed by atoms with Crippen molar-refractivity contribution in [3.05, 3.63) is 39.8 Å². The van der Waals surface area contributed by atoms with Crippen molar-refractivity contribution in [2.75, 3.05) is 31.6 Å². The number of ether oxygens (including phenoxy) is 2. The SMILES string of the molecule is CCN(CC(=O)Nc1ccc2c(c1)OCCO2)C(=O)c1c(C)oc(C)c1Br. The second-order valence-corrected chi connectivity index (χ2v) is 6.92. The average Bonchev–Trinajstić information content (AvgIpc) is 2.91. The molecule has 2 aromatic rings. The van der Waals surface area contributed by atoms with Crippen LogP contribution in [-0.2, 0) is 4.79 Å². The number of halogens is 1. The van der Waals surface area contributed by atoms with Gasteiger partial charge < -0.3 is 24.1 Å². The molecule has 0 saturated heterocycles. The van der Waals surface area contributed by atoms with Gasteiger partial charge in [-0.05, 0) is 48.8 Å². The molecule has 0 fully saturated rings. The highest BCUT2D eigenvalue weighted by Crippen LogP contribution is 2.32. The fourth-order valence-electron chi connectivity index (χ4n) is 2.88. The number of rotatable bonds is 5. The third-order valence-electron chi connectivity index (χ3n) is 4.23. The molecule has 0 unspecified atom stereocenters. The van der Waals surface area contributed by atoms with Crippen molar-refractivity contribution < 1.29 is 23.5 Å². The molecule has 2 amide bonds. The van der Waals surface area contributed by atoms with Crippen molar-refractivity contribution in [2.24, 2.45) is 0 Å². The number of nitrogens with zero attached hydrogens (tertiary/aromatic N) is 1. The van der Waals surface area contributed by atoms with Crippen LogP contribution in [0.3, 0.4) is 0 Å². The molecule has 8 heteroatoms. The highest BCUT2D eigenvalue weighted by atomic mass is 79.9. The number of furan rings is 1. The van der Waals surface area contributed by atoms with Crippen molar-refractivity contribution in [3.63, 3.8) is 0 Å². The van der Waals surface area contributed by atoms with E-state index in [1.807, 2.05) is 6.92 Å². The van der Waals surface area contributed by atoms with E-state index in [9.17, 15) is 9.59 Å². The molecule has 27 heavy (non-hydrogen) atoms. The summed E-state index contributed by atoms with van der Waals surface area (Å²) in [5.74, 6) is 1.85. The fourth-order valence-corrected chi connectivity index (χ4v) is 3.41. The molecule has 1 aliphatic rings. The van der Waals surface area contributed by atoms with E-state index in [0.717, 1.165) is 0 Å². The molecule has 0 aliphatic carbocycles. The first-order valence-corrected chi connectivity index (χ1v) is 9.44. The van der Waals surface area contributed by atoms with Crippen LogP contribution in [0.2, 0.25) is 0 Å². The van der Waals surface area contributed by atoms with Gasteiger partial charge in [0.2, 0.25) is 5.91 Å². The number of fused-ring (bicyclic) bond motifs is 1. The first kappa shape index (κ1) is 19.3. The summed E-state index contributed by atoms with van der Waals surface area (Å²) in [6.45, 7) is 6.64. The molecule has 0 spiro atoms. The molecule has 1 aromatic heterocycles. The predicted octanol–water partition coefficient (Wildman–Crippen LogP) is 3.53. The third kappa shape index (κ3) is 4.10. The summed E-state index contributed by atoms with van der Waals surface area (Å²) in [4.78, 5) is 26.7. The van der Waals surface area contributed by atoms with Gasteiger partial charge >= 0.3 is 0 Å². The van der Waals surface area contributed by atoms with Crippen LogP contribution in [0.25, 0.3) is 0 Å². The molecular weight excluding hydrogens is 416 g/mol. The summed E-state index contributed by atoms with van der Waals surface area (Å²) in [5.41, 5.74) is 1.03. The van der Waals surface area contributed by atoms with E-state index in [1.165, 1.54) is 4.90 Å². The first-order chi connectivity index (χ1) is 12.9. The van der Waals surface area contributed by atoms with Crippen LogP contribution in [0.4, 0.5) is 5.69 Å². The van der Waals surface area contributed by atoms with E-state index in [-0.39, 0.29) is 18.4 Å². The number of carbonyl (C=O) groups is 2. The number of carbonyl (C=O) groups excluding carboxylic acids is 2. The molecule has 0 saturated carbocycles. The molecule has 1 aromatic carbocycles. The van der Waals surface area contributed by atoms with Crippen LogP contribution < -0.4 is 14.8 Å². The Labute approximate surface area is 165 Å². The Bertz CT molecular complexity index is 877. The Balaban J connectivity index is 1.69. The van der Waals surface area contributed by atoms with Crippen molar-refractivity contribution in [1.82, 2.24) is 4.90 Å². The van der Waals surface area contributed by atoms with Crippen LogP contribution in [-0.4, -0.2) is 43.0 Å². The summed E-state index contributed by atoms with van der Waals surface area (Å²) in [5, 5.41) is 2.79. The second kappa shape index (κ2) is 8.04. The van der Waals surface area contributed by atoms with E-state index in [0.29, 0.717) is 58.5 Å². The molecule has 2 heterocycles. The largest absolute Gasteiger partial charge is 0.486 e. The van der Waals surface area contributed by atoms with Crippen LogP contribution in [0.15, 0.2) is 27.1 Å². The molecule has 3 rings (SSSR count). The molecule has 0 bridgehead atoms. The zero-order valence-corrected chi connectivity index (χ0v) is 17.0. The maximum absolute atomic E-state index is 12.8. The van der Waals surface area contributed by atoms with Gasteiger partial charge in [-0.1, -0.05) is 0 Å². The van der Waals surface area contributed by atoms with Crippen molar-refractivity contribution in [3.8, 4) is 11.5 Å². The van der Waals surface area contributed by atoms with Gasteiger partial charge in [-0.2, -0.15) is 0 Å². The lowest BCUT2D eigenvalue weighted by Gasteiger charge is -2.21. The Morgan fingerprint density at radius 1 is 1.15 bits per heavy atom. The summed E-state index contributed by atoms with van der Waals surface area (Å²) >= 11 is 3.39. The number of nitrogens with one attached hydrogen (secondary N) is 1. The van der Waals surface area contributed by atoms with Crippen molar-refractivity contribution in [2.45, 2.75) is 20.8 Å². The molecule has 7 nitrogen and oxygen atoms in total. The molecular formula is C19H21BrN2O5. The van der Waals surface area contributed by atoms with Gasteiger partial charge in [0, 0.05) is 18.3 Å². The monoisotopic (exact) mass is 436 g/mol. The van der Waals surface area contributed by atoms with Crippen molar-refractivity contribution in [1.29, 1.82) is 0 Å². The predicted molar refractivity (Wildman–Crippen MR) is 104 cm³/mol. The smallest absolute Gasteiger partial charge is 0.259 e. The number of anilines is 1. The van der Waals surface area contributed by atoms with Gasteiger partial charge in [0.25, 0.3) is 5.91 Å². The quantitative estimate of drug-likeness (QED) is 0.774. The standard InChI is InChI=1S/C19H21BrN2O5/c1-4-22(19(24)17-11(2)27-12(3)18(17)20)10-16(23)21-13-5-6-14-15(9-13)26-8-7-25-14/h5-6,9H,4,7-8,10H2,1-3H3,(H,21,23). The summed E-state index contributed by atoms with van der Waals surface area (Å²) in [6, 6.07) is 5.20.